The first-order chi connectivity index (χ1) is 8.14. The van der Waals surface area contributed by atoms with Gasteiger partial charge in [-0.15, -0.1) is 0 Å². The minimum Gasteiger partial charge on any atom is -0.394 e. The van der Waals surface area contributed by atoms with E-state index in [4.69, 9.17) is 10.8 Å². The fraction of sp³-hybridized carbons (Fsp3) is 0.571. The van der Waals surface area contributed by atoms with Crippen molar-refractivity contribution < 1.29 is 5.11 Å². The van der Waals surface area contributed by atoms with Crippen molar-refractivity contribution in [2.45, 2.75) is 37.5 Å². The second kappa shape index (κ2) is 7.75. The smallest absolute Gasteiger partial charge is 0.0608 e. The molecule has 0 aliphatic heterocycles. The van der Waals surface area contributed by atoms with Crippen LogP contribution in [-0.2, 0) is 5.75 Å². The molecule has 0 aliphatic rings. The Kier molecular flexibility index (Phi) is 6.63. The molecule has 1 aromatic rings. The summed E-state index contributed by atoms with van der Waals surface area (Å²) in [6, 6.07) is 10.5. The van der Waals surface area contributed by atoms with Crippen molar-refractivity contribution in [1.29, 1.82) is 0 Å². The molecule has 1 unspecified atom stereocenters. The quantitative estimate of drug-likeness (QED) is 0.700. The number of hydrogen-bond acceptors (Lipinski definition) is 3. The number of hydrogen-bond donors (Lipinski definition) is 2. The Bertz CT molecular complexity index is 300. The lowest BCUT2D eigenvalue weighted by atomic mass is 9.98. The zero-order valence-electron chi connectivity index (χ0n) is 10.6. The second-order valence-corrected chi connectivity index (χ2v) is 5.91. The third-order valence-corrected chi connectivity index (χ3v) is 3.87. The van der Waals surface area contributed by atoms with Gasteiger partial charge in [-0.05, 0) is 31.1 Å². The van der Waals surface area contributed by atoms with Gasteiger partial charge in [-0.3, -0.25) is 0 Å². The predicted octanol–water partition coefficient (Wildman–Crippen LogP) is 2.80. The number of rotatable bonds is 8. The van der Waals surface area contributed by atoms with Crippen molar-refractivity contribution >= 4 is 11.8 Å². The normalized spacial score (nSPS) is 14.5. The molecule has 3 N–H and O–H groups in total. The SMILES string of the molecule is CC(N)(CO)CCCCSCc1ccccc1. The number of aliphatic hydroxyl groups excluding tert-OH is 1. The monoisotopic (exact) mass is 253 g/mol. The molecular formula is C14H23NOS. The lowest BCUT2D eigenvalue weighted by Gasteiger charge is -2.21. The fourth-order valence-corrected chi connectivity index (χ4v) is 2.56. The molecule has 0 fully saturated rings. The molecule has 0 amide bonds. The van der Waals surface area contributed by atoms with Crippen LogP contribution in [0.2, 0.25) is 0 Å². The van der Waals surface area contributed by atoms with E-state index in [0.29, 0.717) is 0 Å². The highest BCUT2D eigenvalue weighted by atomic mass is 32.2. The van der Waals surface area contributed by atoms with Crippen LogP contribution in [0.5, 0.6) is 0 Å². The van der Waals surface area contributed by atoms with Gasteiger partial charge in [0.2, 0.25) is 0 Å². The molecule has 1 rings (SSSR count). The van der Waals surface area contributed by atoms with Crippen LogP contribution in [-0.4, -0.2) is 23.0 Å². The van der Waals surface area contributed by atoms with Crippen LogP contribution in [0.15, 0.2) is 30.3 Å². The lowest BCUT2D eigenvalue weighted by molar-refractivity contribution is 0.198. The number of aliphatic hydroxyl groups is 1. The predicted molar refractivity (Wildman–Crippen MR) is 76.1 cm³/mol. The molecule has 0 saturated heterocycles. The first kappa shape index (κ1) is 14.6. The molecule has 3 heteroatoms. The first-order valence-electron chi connectivity index (χ1n) is 6.15. The minimum absolute atomic E-state index is 0.0736. The Hall–Kier alpha value is -0.510. The highest BCUT2D eigenvalue weighted by Gasteiger charge is 2.15. The van der Waals surface area contributed by atoms with Crippen molar-refractivity contribution in [3.05, 3.63) is 35.9 Å². The standard InChI is InChI=1S/C14H23NOS/c1-14(15,12-16)9-5-6-10-17-11-13-7-3-2-4-8-13/h2-4,7-8,16H,5-6,9-12,15H2,1H3. The Balaban J connectivity index is 2.02. The summed E-state index contributed by atoms with van der Waals surface area (Å²) in [5.41, 5.74) is 6.85. The maximum Gasteiger partial charge on any atom is 0.0608 e. The summed E-state index contributed by atoms with van der Waals surface area (Å²) in [4.78, 5) is 0. The van der Waals surface area contributed by atoms with E-state index in [-0.39, 0.29) is 6.61 Å². The van der Waals surface area contributed by atoms with Crippen LogP contribution in [0.4, 0.5) is 0 Å². The largest absolute Gasteiger partial charge is 0.394 e. The van der Waals surface area contributed by atoms with Crippen molar-refractivity contribution in [3.63, 3.8) is 0 Å². The molecule has 0 radical (unpaired) electrons. The summed E-state index contributed by atoms with van der Waals surface area (Å²) in [7, 11) is 0. The number of benzene rings is 1. The second-order valence-electron chi connectivity index (χ2n) is 4.81. The average molecular weight is 253 g/mol. The third-order valence-electron chi connectivity index (χ3n) is 2.76. The van der Waals surface area contributed by atoms with E-state index in [0.717, 1.165) is 24.3 Å². The first-order valence-corrected chi connectivity index (χ1v) is 7.31. The highest BCUT2D eigenvalue weighted by molar-refractivity contribution is 7.98. The van der Waals surface area contributed by atoms with Crippen LogP contribution in [0, 0.1) is 0 Å². The van der Waals surface area contributed by atoms with Crippen molar-refractivity contribution in [3.8, 4) is 0 Å². The molecule has 0 aliphatic carbocycles. The molecule has 96 valence electrons. The fourth-order valence-electron chi connectivity index (χ4n) is 1.58. The zero-order valence-corrected chi connectivity index (χ0v) is 11.4. The maximum absolute atomic E-state index is 9.02. The van der Waals surface area contributed by atoms with E-state index < -0.39 is 5.54 Å². The van der Waals surface area contributed by atoms with E-state index in [1.807, 2.05) is 24.8 Å². The maximum atomic E-state index is 9.02. The summed E-state index contributed by atoms with van der Waals surface area (Å²) in [6.07, 6.45) is 3.16. The summed E-state index contributed by atoms with van der Waals surface area (Å²) >= 11 is 1.96. The van der Waals surface area contributed by atoms with E-state index in [2.05, 4.69) is 24.3 Å². The van der Waals surface area contributed by atoms with Gasteiger partial charge >= 0.3 is 0 Å². The summed E-state index contributed by atoms with van der Waals surface area (Å²) in [5.74, 6) is 2.25. The Labute approximate surface area is 109 Å². The topological polar surface area (TPSA) is 46.2 Å². The van der Waals surface area contributed by atoms with Crippen molar-refractivity contribution in [2.24, 2.45) is 5.73 Å². The van der Waals surface area contributed by atoms with Gasteiger partial charge < -0.3 is 10.8 Å². The Morgan fingerprint density at radius 3 is 2.59 bits per heavy atom. The molecule has 1 atom stereocenters. The molecule has 17 heavy (non-hydrogen) atoms. The van der Waals surface area contributed by atoms with Crippen LogP contribution < -0.4 is 5.73 Å². The van der Waals surface area contributed by atoms with E-state index in [1.54, 1.807) is 0 Å². The number of unbranched alkanes of at least 4 members (excludes halogenated alkanes) is 1. The summed E-state index contributed by atoms with van der Waals surface area (Å²) in [5, 5.41) is 9.02. The number of thioether (sulfide) groups is 1. The Morgan fingerprint density at radius 2 is 1.94 bits per heavy atom. The average Bonchev–Trinajstić information content (AvgIpc) is 2.35. The number of nitrogens with two attached hydrogens (primary N) is 1. The molecule has 0 spiro atoms. The molecule has 0 heterocycles. The van der Waals surface area contributed by atoms with Crippen LogP contribution >= 0.6 is 11.8 Å². The van der Waals surface area contributed by atoms with E-state index in [9.17, 15) is 0 Å². The van der Waals surface area contributed by atoms with Crippen LogP contribution in [0.25, 0.3) is 0 Å². The molecule has 1 aromatic carbocycles. The minimum atomic E-state index is -0.399. The van der Waals surface area contributed by atoms with Crippen molar-refractivity contribution in [1.82, 2.24) is 0 Å². The third kappa shape index (κ3) is 6.71. The van der Waals surface area contributed by atoms with Gasteiger partial charge in [-0.1, -0.05) is 36.8 Å². The van der Waals surface area contributed by atoms with E-state index >= 15 is 0 Å². The van der Waals surface area contributed by atoms with Gasteiger partial charge in [0.1, 0.15) is 0 Å². The zero-order chi connectivity index (χ0) is 12.6. The van der Waals surface area contributed by atoms with Gasteiger partial charge in [0.05, 0.1) is 6.61 Å². The lowest BCUT2D eigenvalue weighted by Crippen LogP contribution is -2.39. The van der Waals surface area contributed by atoms with Gasteiger partial charge in [-0.25, -0.2) is 0 Å². The highest BCUT2D eigenvalue weighted by Crippen LogP contribution is 2.16. The van der Waals surface area contributed by atoms with Gasteiger partial charge in [0.15, 0.2) is 0 Å². The van der Waals surface area contributed by atoms with Crippen LogP contribution in [0.3, 0.4) is 0 Å². The summed E-state index contributed by atoms with van der Waals surface area (Å²) in [6.45, 7) is 1.98. The van der Waals surface area contributed by atoms with Crippen molar-refractivity contribution in [2.75, 3.05) is 12.4 Å². The molecule has 2 nitrogen and oxygen atoms in total. The molecule has 0 saturated carbocycles. The molecule has 0 aromatic heterocycles. The van der Waals surface area contributed by atoms with Crippen LogP contribution in [0.1, 0.15) is 31.7 Å². The Morgan fingerprint density at radius 1 is 1.24 bits per heavy atom. The molecule has 0 bridgehead atoms. The summed E-state index contributed by atoms with van der Waals surface area (Å²) < 4.78 is 0. The van der Waals surface area contributed by atoms with Gasteiger partial charge in [0.25, 0.3) is 0 Å². The van der Waals surface area contributed by atoms with E-state index in [1.165, 1.54) is 12.0 Å². The van der Waals surface area contributed by atoms with Gasteiger partial charge in [0, 0.05) is 11.3 Å². The molecular weight excluding hydrogens is 230 g/mol. The van der Waals surface area contributed by atoms with Gasteiger partial charge in [-0.2, -0.15) is 11.8 Å².